The molecule has 1 aromatic carbocycles. The Balaban J connectivity index is 0.00000480. The molecule has 0 radical (unpaired) electrons. The number of nitrogens with one attached hydrogen (secondary N) is 3. The zero-order valence-corrected chi connectivity index (χ0v) is 21.8. The van der Waals surface area contributed by atoms with Gasteiger partial charge in [-0.25, -0.2) is 18.1 Å². The zero-order valence-electron chi connectivity index (χ0n) is 18.7. The van der Waals surface area contributed by atoms with E-state index in [0.29, 0.717) is 30.4 Å². The van der Waals surface area contributed by atoms with Crippen molar-refractivity contribution in [3.05, 3.63) is 58.5 Å². The molecule has 0 aliphatic heterocycles. The number of benzene rings is 1. The van der Waals surface area contributed by atoms with Gasteiger partial charge in [0.2, 0.25) is 10.0 Å². The Morgan fingerprint density at radius 2 is 1.77 bits per heavy atom. The summed E-state index contributed by atoms with van der Waals surface area (Å²) in [5.41, 5.74) is 1.30. The van der Waals surface area contributed by atoms with E-state index in [0.717, 1.165) is 16.9 Å². The van der Waals surface area contributed by atoms with Crippen LogP contribution in [-0.2, 0) is 27.9 Å². The Morgan fingerprint density at radius 3 is 2.29 bits per heavy atom. The van der Waals surface area contributed by atoms with Crippen LogP contribution < -0.4 is 15.4 Å². The first-order valence-electron chi connectivity index (χ1n) is 9.87. The van der Waals surface area contributed by atoms with E-state index in [4.69, 9.17) is 4.42 Å². The largest absolute Gasteiger partial charge is 0.466 e. The molecule has 2 aromatic rings. The summed E-state index contributed by atoms with van der Waals surface area (Å²) in [4.78, 5) is 4.56. The van der Waals surface area contributed by atoms with Gasteiger partial charge in [0.25, 0.3) is 0 Å². The third kappa shape index (κ3) is 8.43. The van der Waals surface area contributed by atoms with Crippen LogP contribution in [0.1, 0.15) is 42.1 Å². The maximum Gasteiger partial charge on any atom is 0.215 e. The number of halogens is 1. The Hall–Kier alpha value is -1.63. The van der Waals surface area contributed by atoms with Crippen molar-refractivity contribution in [2.24, 2.45) is 4.99 Å². The van der Waals surface area contributed by atoms with Gasteiger partial charge in [-0.15, -0.1) is 24.0 Å². The monoisotopic (exact) mass is 564 g/mol. The van der Waals surface area contributed by atoms with E-state index < -0.39 is 15.6 Å². The number of rotatable bonds is 9. The van der Waals surface area contributed by atoms with Crippen LogP contribution in [0.3, 0.4) is 0 Å². The third-order valence-corrected chi connectivity index (χ3v) is 6.01. The van der Waals surface area contributed by atoms with E-state index in [1.807, 2.05) is 39.0 Å². The number of nitrogens with zero attached hydrogens (tertiary/aromatic N) is 1. The molecule has 174 valence electrons. The van der Waals surface area contributed by atoms with Gasteiger partial charge in [0.05, 0.1) is 18.8 Å². The van der Waals surface area contributed by atoms with Crippen LogP contribution in [0.15, 0.2) is 39.7 Å². The topological polar surface area (TPSA) is 116 Å². The minimum absolute atomic E-state index is 0. The summed E-state index contributed by atoms with van der Waals surface area (Å²) >= 11 is 0. The predicted molar refractivity (Wildman–Crippen MR) is 134 cm³/mol. The number of sulfonamides is 1. The summed E-state index contributed by atoms with van der Waals surface area (Å²) in [6.45, 7) is 8.75. The number of aryl methyl sites for hydroxylation is 2. The lowest BCUT2D eigenvalue weighted by atomic mass is 9.96. The summed E-state index contributed by atoms with van der Waals surface area (Å²) in [6, 6.07) is 9.14. The number of aliphatic hydroxyl groups is 1. The van der Waals surface area contributed by atoms with Crippen molar-refractivity contribution in [1.29, 1.82) is 0 Å². The van der Waals surface area contributed by atoms with Crippen molar-refractivity contribution in [1.82, 2.24) is 15.4 Å². The molecule has 1 atom stereocenters. The van der Waals surface area contributed by atoms with Gasteiger partial charge in [0.1, 0.15) is 17.1 Å². The van der Waals surface area contributed by atoms with Crippen molar-refractivity contribution >= 4 is 40.0 Å². The molecule has 8 nitrogen and oxygen atoms in total. The van der Waals surface area contributed by atoms with Gasteiger partial charge in [-0.05, 0) is 51.9 Å². The molecule has 0 amide bonds. The number of hydrogen-bond donors (Lipinski definition) is 4. The number of aliphatic imine (C=N–C) groups is 1. The van der Waals surface area contributed by atoms with Gasteiger partial charge < -0.3 is 20.2 Å². The first-order chi connectivity index (χ1) is 14.1. The lowest BCUT2D eigenvalue weighted by Gasteiger charge is -2.24. The van der Waals surface area contributed by atoms with Crippen molar-refractivity contribution in [2.75, 3.05) is 20.1 Å². The zero-order chi connectivity index (χ0) is 22.4. The van der Waals surface area contributed by atoms with Crippen LogP contribution in [-0.4, -0.2) is 39.6 Å². The van der Waals surface area contributed by atoms with Gasteiger partial charge in [-0.2, -0.15) is 0 Å². The molecule has 10 heteroatoms. The maximum atomic E-state index is 11.6. The standard InChI is InChI=1S/C21H32N4O4S.HI/c1-6-23-20(25-14-21(4,26)19-11-15(2)29-16(19)3)24-12-17-7-9-18(10-8-17)13-30(27,28)22-5;/h7-11,22,26H,6,12-14H2,1-5H3,(H2,23,24,25);1H. The van der Waals surface area contributed by atoms with Gasteiger partial charge in [0.15, 0.2) is 5.96 Å². The van der Waals surface area contributed by atoms with E-state index in [1.165, 1.54) is 7.05 Å². The quantitative estimate of drug-likeness (QED) is 0.212. The Kier molecular flexibility index (Phi) is 10.5. The SMILES string of the molecule is CCNC(=NCc1ccc(CS(=O)(=O)NC)cc1)NCC(C)(O)c1cc(C)oc1C.I. The fourth-order valence-corrected chi connectivity index (χ4v) is 3.84. The smallest absolute Gasteiger partial charge is 0.215 e. The lowest BCUT2D eigenvalue weighted by molar-refractivity contribution is 0.0601. The summed E-state index contributed by atoms with van der Waals surface area (Å²) in [7, 11) is -1.89. The Bertz CT molecular complexity index is 970. The van der Waals surface area contributed by atoms with E-state index in [-0.39, 0.29) is 36.3 Å². The minimum Gasteiger partial charge on any atom is -0.466 e. The molecule has 0 saturated carbocycles. The first kappa shape index (κ1) is 27.4. The van der Waals surface area contributed by atoms with Crippen molar-refractivity contribution in [3.8, 4) is 0 Å². The Labute approximate surface area is 202 Å². The first-order valence-corrected chi connectivity index (χ1v) is 11.5. The van der Waals surface area contributed by atoms with E-state index >= 15 is 0 Å². The molecule has 0 fully saturated rings. The molecule has 4 N–H and O–H groups in total. The molecular formula is C21H33IN4O4S. The summed E-state index contributed by atoms with van der Waals surface area (Å²) in [6.07, 6.45) is 0. The minimum atomic E-state index is -3.29. The summed E-state index contributed by atoms with van der Waals surface area (Å²) < 4.78 is 31.1. The third-order valence-electron chi connectivity index (χ3n) is 4.68. The number of guanidine groups is 1. The van der Waals surface area contributed by atoms with Crippen molar-refractivity contribution < 1.29 is 17.9 Å². The Morgan fingerprint density at radius 1 is 1.16 bits per heavy atom. The molecule has 0 saturated heterocycles. The highest BCUT2D eigenvalue weighted by atomic mass is 127. The molecule has 0 aliphatic carbocycles. The number of hydrogen-bond acceptors (Lipinski definition) is 5. The fraction of sp³-hybridized carbons (Fsp3) is 0.476. The van der Waals surface area contributed by atoms with E-state index in [2.05, 4.69) is 20.3 Å². The van der Waals surface area contributed by atoms with Crippen LogP contribution in [0.4, 0.5) is 0 Å². The molecule has 1 aromatic heterocycles. The highest BCUT2D eigenvalue weighted by molar-refractivity contribution is 14.0. The molecule has 1 heterocycles. The highest BCUT2D eigenvalue weighted by Crippen LogP contribution is 2.26. The second-order valence-electron chi connectivity index (χ2n) is 7.43. The normalized spacial score (nSPS) is 13.9. The average molecular weight is 564 g/mol. The van der Waals surface area contributed by atoms with Crippen LogP contribution in [0.5, 0.6) is 0 Å². The maximum absolute atomic E-state index is 11.6. The predicted octanol–water partition coefficient (Wildman–Crippen LogP) is 2.53. The van der Waals surface area contributed by atoms with E-state index in [1.54, 1.807) is 19.1 Å². The van der Waals surface area contributed by atoms with Gasteiger partial charge in [-0.1, -0.05) is 24.3 Å². The highest BCUT2D eigenvalue weighted by Gasteiger charge is 2.27. The van der Waals surface area contributed by atoms with Gasteiger partial charge >= 0.3 is 0 Å². The fourth-order valence-electron chi connectivity index (χ4n) is 3.06. The van der Waals surface area contributed by atoms with Crippen molar-refractivity contribution in [2.45, 2.75) is 45.6 Å². The lowest BCUT2D eigenvalue weighted by Crippen LogP contribution is -2.44. The molecule has 1 unspecified atom stereocenters. The molecule has 0 aliphatic rings. The van der Waals surface area contributed by atoms with Crippen LogP contribution >= 0.6 is 24.0 Å². The molecule has 2 rings (SSSR count). The molecule has 31 heavy (non-hydrogen) atoms. The van der Waals surface area contributed by atoms with E-state index in [9.17, 15) is 13.5 Å². The molecule has 0 bridgehead atoms. The molecular weight excluding hydrogens is 531 g/mol. The molecule has 0 spiro atoms. The van der Waals surface area contributed by atoms with Crippen LogP contribution in [0, 0.1) is 13.8 Å². The van der Waals surface area contributed by atoms with Crippen LogP contribution in [0.2, 0.25) is 0 Å². The summed E-state index contributed by atoms with van der Waals surface area (Å²) in [5, 5.41) is 17.2. The van der Waals surface area contributed by atoms with Gasteiger partial charge in [-0.3, -0.25) is 0 Å². The summed E-state index contributed by atoms with van der Waals surface area (Å²) in [5.74, 6) is 1.98. The van der Waals surface area contributed by atoms with Gasteiger partial charge in [0, 0.05) is 12.1 Å². The number of furan rings is 1. The average Bonchev–Trinajstić information content (AvgIpc) is 3.04. The second-order valence-corrected chi connectivity index (χ2v) is 9.36. The second kappa shape index (κ2) is 11.8. The van der Waals surface area contributed by atoms with Crippen LogP contribution in [0.25, 0.3) is 0 Å². The van der Waals surface area contributed by atoms with Crippen molar-refractivity contribution in [3.63, 3.8) is 0 Å².